The molecule has 3 heterocycles. The smallest absolute Gasteiger partial charge is 0.278 e. The van der Waals surface area contributed by atoms with Crippen LogP contribution in [0.3, 0.4) is 0 Å². The van der Waals surface area contributed by atoms with E-state index in [4.69, 9.17) is 4.74 Å². The van der Waals surface area contributed by atoms with E-state index < -0.39 is 12.5 Å². The van der Waals surface area contributed by atoms with Gasteiger partial charge in [-0.3, -0.25) is 9.69 Å². The molecule has 1 fully saturated rings. The minimum atomic E-state index is -2.84. The number of benzene rings is 1. The number of hydrogen-bond acceptors (Lipinski definition) is 5. The molecule has 1 aromatic carbocycles. The molecule has 0 N–H and O–H groups in total. The summed E-state index contributed by atoms with van der Waals surface area (Å²) in [5.74, 6) is -1.33. The number of carbonyl (C=O) groups excluding carboxylic acids is 1. The number of anilines is 1. The molecule has 0 unspecified atom stereocenters. The van der Waals surface area contributed by atoms with Crippen molar-refractivity contribution in [3.05, 3.63) is 40.4 Å². The molecule has 2 aliphatic heterocycles. The second-order valence-corrected chi connectivity index (χ2v) is 11.6. The molecule has 1 aromatic heterocycles. The normalized spacial score (nSPS) is 22.7. The minimum absolute atomic E-state index is 0.289. The molecule has 1 saturated carbocycles. The Balaban J connectivity index is 1.03. The summed E-state index contributed by atoms with van der Waals surface area (Å²) in [6.07, 6.45) is 8.42. The van der Waals surface area contributed by atoms with Crippen LogP contribution in [0.25, 0.3) is 0 Å². The third-order valence-electron chi connectivity index (χ3n) is 7.71. The van der Waals surface area contributed by atoms with E-state index in [9.17, 15) is 13.6 Å². The Bertz CT molecular complexity index is 1030. The van der Waals surface area contributed by atoms with Gasteiger partial charge in [-0.1, -0.05) is 42.4 Å². The lowest BCUT2D eigenvalue weighted by Gasteiger charge is -2.32. The Morgan fingerprint density at radius 3 is 2.71 bits per heavy atom. The summed E-state index contributed by atoms with van der Waals surface area (Å²) in [7, 11) is 0. The van der Waals surface area contributed by atoms with Gasteiger partial charge in [0.05, 0.1) is 5.69 Å². The van der Waals surface area contributed by atoms with E-state index in [1.807, 2.05) is 11.0 Å². The molecule has 1 amide bonds. The molecule has 190 valence electrons. The number of rotatable bonds is 8. The van der Waals surface area contributed by atoms with Crippen LogP contribution in [0.4, 0.5) is 14.5 Å². The molecule has 8 heteroatoms. The summed E-state index contributed by atoms with van der Waals surface area (Å²) >= 11 is 1.41. The number of nitrogens with zero attached hydrogens (tertiary/aromatic N) is 3. The molecule has 0 bridgehead atoms. The molecular weight excluding hydrogens is 468 g/mol. The number of fused-ring (bicyclic) bond motifs is 2. The van der Waals surface area contributed by atoms with E-state index in [1.165, 1.54) is 41.0 Å². The van der Waals surface area contributed by atoms with Crippen LogP contribution in [0.1, 0.15) is 61.6 Å². The third-order valence-corrected chi connectivity index (χ3v) is 8.78. The number of para-hydroxylation sites is 1. The van der Waals surface area contributed by atoms with E-state index in [0.717, 1.165) is 76.1 Å². The molecule has 5 nitrogen and oxygen atoms in total. The number of amides is 1. The van der Waals surface area contributed by atoms with Crippen LogP contribution < -0.4 is 9.64 Å². The summed E-state index contributed by atoms with van der Waals surface area (Å²) in [6.45, 7) is 3.86. The fraction of sp³-hybridized carbons (Fsp3) is 0.630. The van der Waals surface area contributed by atoms with Crippen molar-refractivity contribution in [2.45, 2.75) is 70.8 Å². The molecule has 3 aliphatic rings. The lowest BCUT2D eigenvalue weighted by atomic mass is 9.79. The second kappa shape index (κ2) is 10.5. The third kappa shape index (κ3) is 6.20. The highest BCUT2D eigenvalue weighted by Crippen LogP contribution is 2.36. The lowest BCUT2D eigenvalue weighted by Crippen LogP contribution is -2.33. The van der Waals surface area contributed by atoms with Gasteiger partial charge in [0.15, 0.2) is 6.61 Å². The van der Waals surface area contributed by atoms with Crippen LogP contribution >= 0.6 is 11.3 Å². The summed E-state index contributed by atoms with van der Waals surface area (Å²) in [4.78, 5) is 23.0. The van der Waals surface area contributed by atoms with Crippen molar-refractivity contribution in [2.75, 3.05) is 31.1 Å². The molecule has 2 aromatic rings. The highest BCUT2D eigenvalue weighted by Gasteiger charge is 2.30. The largest absolute Gasteiger partial charge is 0.464 e. The average Bonchev–Trinajstić information content (AvgIpc) is 3.45. The molecular formula is C27H35F2N3O2S. The second-order valence-electron chi connectivity index (χ2n) is 10.5. The summed E-state index contributed by atoms with van der Waals surface area (Å²) in [5.41, 5.74) is 3.39. The maximum atomic E-state index is 13.1. The van der Waals surface area contributed by atoms with Crippen molar-refractivity contribution < 1.29 is 18.3 Å². The number of hydrogen-bond donors (Lipinski definition) is 0. The Labute approximate surface area is 210 Å². The lowest BCUT2D eigenvalue weighted by molar-refractivity contribution is -0.119. The zero-order chi connectivity index (χ0) is 24.4. The van der Waals surface area contributed by atoms with Crippen molar-refractivity contribution in [3.8, 4) is 5.19 Å². The average molecular weight is 504 g/mol. The molecule has 5 rings (SSSR count). The zero-order valence-corrected chi connectivity index (χ0v) is 21.3. The highest BCUT2D eigenvalue weighted by molar-refractivity contribution is 7.13. The fourth-order valence-electron chi connectivity index (χ4n) is 5.71. The van der Waals surface area contributed by atoms with Crippen molar-refractivity contribution in [1.82, 2.24) is 9.88 Å². The first-order valence-electron chi connectivity index (χ1n) is 12.9. The number of halogens is 2. The van der Waals surface area contributed by atoms with Gasteiger partial charge >= 0.3 is 0 Å². The molecule has 0 spiro atoms. The van der Waals surface area contributed by atoms with E-state index in [-0.39, 0.29) is 5.91 Å². The van der Waals surface area contributed by atoms with Gasteiger partial charge in [-0.25, -0.2) is 13.8 Å². The first-order valence-corrected chi connectivity index (χ1v) is 13.8. The standard InChI is InChI=1S/C27H35F2N3O2S/c1-27(28,29)18-34-26-30-22-17-31(14-12-24(22)35-26)13-10-19-6-8-20(9-7-19)16-25(33)32-15-11-21-4-2-3-5-23(21)32/h2-5,19-20H,6-18H2,1H3. The molecule has 35 heavy (non-hydrogen) atoms. The summed E-state index contributed by atoms with van der Waals surface area (Å²) < 4.78 is 31.3. The molecule has 0 saturated heterocycles. The Kier molecular flexibility index (Phi) is 7.39. The van der Waals surface area contributed by atoms with Gasteiger partial charge in [-0.2, -0.15) is 0 Å². The monoisotopic (exact) mass is 503 g/mol. The van der Waals surface area contributed by atoms with Crippen molar-refractivity contribution in [1.29, 1.82) is 0 Å². The van der Waals surface area contributed by atoms with E-state index >= 15 is 0 Å². The van der Waals surface area contributed by atoms with Crippen LogP contribution in [0, 0.1) is 11.8 Å². The van der Waals surface area contributed by atoms with E-state index in [2.05, 4.69) is 28.1 Å². The highest BCUT2D eigenvalue weighted by atomic mass is 32.1. The van der Waals surface area contributed by atoms with Gasteiger partial charge in [0.2, 0.25) is 5.91 Å². The number of carbonyl (C=O) groups is 1. The number of ether oxygens (including phenoxy) is 1. The number of alkyl halides is 2. The first-order chi connectivity index (χ1) is 16.8. The molecule has 0 atom stereocenters. The maximum absolute atomic E-state index is 13.1. The Morgan fingerprint density at radius 2 is 1.91 bits per heavy atom. The molecule has 0 radical (unpaired) electrons. The van der Waals surface area contributed by atoms with Gasteiger partial charge in [0.25, 0.3) is 11.1 Å². The van der Waals surface area contributed by atoms with E-state index in [1.54, 1.807) is 0 Å². The number of aromatic nitrogens is 1. The van der Waals surface area contributed by atoms with Gasteiger partial charge < -0.3 is 9.64 Å². The van der Waals surface area contributed by atoms with Crippen LogP contribution in [0.2, 0.25) is 0 Å². The fourth-order valence-corrected chi connectivity index (χ4v) is 6.62. The summed E-state index contributed by atoms with van der Waals surface area (Å²) in [6, 6.07) is 8.28. The Hall–Kier alpha value is -2.06. The predicted molar refractivity (Wildman–Crippen MR) is 134 cm³/mol. The van der Waals surface area contributed by atoms with Crippen molar-refractivity contribution in [3.63, 3.8) is 0 Å². The van der Waals surface area contributed by atoms with Gasteiger partial charge in [0.1, 0.15) is 0 Å². The van der Waals surface area contributed by atoms with Crippen LogP contribution in [-0.2, 0) is 24.2 Å². The topological polar surface area (TPSA) is 45.7 Å². The SMILES string of the molecule is CC(F)(F)COc1nc2c(s1)CCN(CCC1CCC(CC(=O)N3CCc4ccccc43)CC1)C2. The zero-order valence-electron chi connectivity index (χ0n) is 20.5. The van der Waals surface area contributed by atoms with Crippen LogP contribution in [0.5, 0.6) is 5.19 Å². The first kappa shape index (κ1) is 24.6. The number of thiazole rings is 1. The van der Waals surface area contributed by atoms with Crippen LogP contribution in [0.15, 0.2) is 24.3 Å². The minimum Gasteiger partial charge on any atom is -0.464 e. The van der Waals surface area contributed by atoms with Gasteiger partial charge in [-0.05, 0) is 62.1 Å². The maximum Gasteiger partial charge on any atom is 0.278 e. The van der Waals surface area contributed by atoms with Crippen molar-refractivity contribution >= 4 is 22.9 Å². The molecule has 1 aliphatic carbocycles. The predicted octanol–water partition coefficient (Wildman–Crippen LogP) is 5.71. The van der Waals surface area contributed by atoms with E-state index in [0.29, 0.717) is 17.5 Å². The quantitative estimate of drug-likeness (QED) is 0.463. The van der Waals surface area contributed by atoms with Gasteiger partial charge in [0, 0.05) is 43.5 Å². The van der Waals surface area contributed by atoms with Gasteiger partial charge in [-0.15, -0.1) is 0 Å². The Morgan fingerprint density at radius 1 is 1.14 bits per heavy atom. The van der Waals surface area contributed by atoms with Crippen LogP contribution in [-0.4, -0.2) is 48.0 Å². The summed E-state index contributed by atoms with van der Waals surface area (Å²) in [5, 5.41) is 0.365. The van der Waals surface area contributed by atoms with Crippen molar-refractivity contribution in [2.24, 2.45) is 11.8 Å².